The summed E-state index contributed by atoms with van der Waals surface area (Å²) in [6, 6.07) is 3.19. The molecule has 1 N–H and O–H groups in total. The fourth-order valence-corrected chi connectivity index (χ4v) is 1.80. The van der Waals surface area contributed by atoms with Gasteiger partial charge in [0, 0.05) is 12.0 Å². The number of anilines is 1. The number of hydrogen-bond acceptors (Lipinski definition) is 2. The Balaban J connectivity index is 2.20. The van der Waals surface area contributed by atoms with Gasteiger partial charge in [0.1, 0.15) is 5.75 Å². The molecule has 2 rings (SSSR count). The van der Waals surface area contributed by atoms with Gasteiger partial charge < -0.3 is 10.1 Å². The molecule has 1 aliphatic rings. The van der Waals surface area contributed by atoms with Crippen molar-refractivity contribution < 1.29 is 9.53 Å². The van der Waals surface area contributed by atoms with E-state index in [1.54, 1.807) is 12.1 Å². The van der Waals surface area contributed by atoms with Gasteiger partial charge in [-0.25, -0.2) is 0 Å². The van der Waals surface area contributed by atoms with Crippen LogP contribution in [0.2, 0.25) is 10.0 Å². The van der Waals surface area contributed by atoms with Gasteiger partial charge in [-0.3, -0.25) is 4.79 Å². The summed E-state index contributed by atoms with van der Waals surface area (Å²) in [5.41, 5.74) is 0.532. The summed E-state index contributed by atoms with van der Waals surface area (Å²) in [6.07, 6.45) is 1.90. The summed E-state index contributed by atoms with van der Waals surface area (Å²) in [5, 5.41) is 3.61. The van der Waals surface area contributed by atoms with Gasteiger partial charge in [0.05, 0.1) is 22.8 Å². The third kappa shape index (κ3) is 2.42. The minimum atomic E-state index is 0.00290. The number of nitrogens with one attached hydrogen (secondary N) is 1. The molecular formula is C11H11Cl2NO2. The summed E-state index contributed by atoms with van der Waals surface area (Å²) in [6.45, 7) is 0. The molecule has 5 heteroatoms. The molecule has 1 amide bonds. The molecule has 0 aliphatic heterocycles. The Morgan fingerprint density at radius 1 is 1.38 bits per heavy atom. The van der Waals surface area contributed by atoms with E-state index in [2.05, 4.69) is 5.32 Å². The van der Waals surface area contributed by atoms with Crippen LogP contribution in [0.5, 0.6) is 5.75 Å². The number of benzene rings is 1. The van der Waals surface area contributed by atoms with E-state index in [9.17, 15) is 4.79 Å². The average molecular weight is 260 g/mol. The third-order valence-electron chi connectivity index (χ3n) is 2.45. The Bertz CT molecular complexity index is 430. The molecule has 1 aromatic rings. The first-order chi connectivity index (χ1) is 7.61. The fraction of sp³-hybridized carbons (Fsp3) is 0.364. The van der Waals surface area contributed by atoms with Crippen molar-refractivity contribution in [2.24, 2.45) is 5.92 Å². The number of carbonyl (C=O) groups is 1. The second kappa shape index (κ2) is 4.52. The number of hydrogen-bond donors (Lipinski definition) is 1. The second-order valence-corrected chi connectivity index (χ2v) is 4.54. The number of amides is 1. The Morgan fingerprint density at radius 3 is 2.62 bits per heavy atom. The molecule has 3 nitrogen and oxygen atoms in total. The van der Waals surface area contributed by atoms with Crippen molar-refractivity contribution in [3.63, 3.8) is 0 Å². The van der Waals surface area contributed by atoms with E-state index < -0.39 is 0 Å². The van der Waals surface area contributed by atoms with Crippen LogP contribution in [0.25, 0.3) is 0 Å². The van der Waals surface area contributed by atoms with Crippen molar-refractivity contribution in [3.8, 4) is 5.75 Å². The topological polar surface area (TPSA) is 38.3 Å². The predicted octanol–water partition coefficient (Wildman–Crippen LogP) is 3.35. The smallest absolute Gasteiger partial charge is 0.227 e. The van der Waals surface area contributed by atoms with Gasteiger partial charge in [-0.2, -0.15) is 0 Å². The molecule has 0 bridgehead atoms. The van der Waals surface area contributed by atoms with Crippen LogP contribution in [0, 0.1) is 5.92 Å². The lowest BCUT2D eigenvalue weighted by Crippen LogP contribution is -2.13. The Labute approximate surface area is 104 Å². The van der Waals surface area contributed by atoms with Gasteiger partial charge in [0.2, 0.25) is 5.91 Å². The van der Waals surface area contributed by atoms with Crippen LogP contribution < -0.4 is 10.1 Å². The number of methoxy groups -OCH3 is 1. The lowest BCUT2D eigenvalue weighted by molar-refractivity contribution is -0.117. The molecule has 86 valence electrons. The van der Waals surface area contributed by atoms with Crippen LogP contribution in [0.1, 0.15) is 12.8 Å². The highest BCUT2D eigenvalue weighted by atomic mass is 35.5. The van der Waals surface area contributed by atoms with Gasteiger partial charge in [-0.05, 0) is 18.9 Å². The van der Waals surface area contributed by atoms with Crippen LogP contribution in [0.15, 0.2) is 12.1 Å². The van der Waals surface area contributed by atoms with Crippen LogP contribution in [0.3, 0.4) is 0 Å². The summed E-state index contributed by atoms with van der Waals surface area (Å²) in [5.74, 6) is 0.635. The largest absolute Gasteiger partial charge is 0.495 e. The zero-order chi connectivity index (χ0) is 11.7. The predicted molar refractivity (Wildman–Crippen MR) is 64.4 cm³/mol. The Hall–Kier alpha value is -0.930. The normalized spacial score (nSPS) is 14.7. The minimum absolute atomic E-state index is 0.00290. The maximum Gasteiger partial charge on any atom is 0.227 e. The summed E-state index contributed by atoms with van der Waals surface area (Å²) >= 11 is 11.9. The first-order valence-electron chi connectivity index (χ1n) is 4.95. The molecule has 1 fully saturated rings. The number of rotatable bonds is 3. The van der Waals surface area contributed by atoms with E-state index in [4.69, 9.17) is 27.9 Å². The maximum absolute atomic E-state index is 11.5. The molecule has 0 unspecified atom stereocenters. The molecule has 1 aliphatic carbocycles. The maximum atomic E-state index is 11.5. The Morgan fingerprint density at radius 2 is 2.06 bits per heavy atom. The number of halogens is 2. The summed E-state index contributed by atoms with van der Waals surface area (Å²) < 4.78 is 5.02. The SMILES string of the molecule is COc1cc(Cl)c(NC(=O)C2CC2)cc1Cl. The number of ether oxygens (including phenoxy) is 1. The molecule has 0 radical (unpaired) electrons. The molecule has 0 heterocycles. The summed E-state index contributed by atoms with van der Waals surface area (Å²) in [4.78, 5) is 11.5. The fourth-order valence-electron chi connectivity index (χ4n) is 1.36. The van der Waals surface area contributed by atoms with Crippen molar-refractivity contribution in [3.05, 3.63) is 22.2 Å². The first kappa shape index (κ1) is 11.6. The summed E-state index contributed by atoms with van der Waals surface area (Å²) in [7, 11) is 1.51. The van der Waals surface area contributed by atoms with E-state index in [1.807, 2.05) is 0 Å². The molecule has 0 spiro atoms. The minimum Gasteiger partial charge on any atom is -0.495 e. The van der Waals surface area contributed by atoms with Crippen LogP contribution in [0.4, 0.5) is 5.69 Å². The second-order valence-electron chi connectivity index (χ2n) is 3.73. The Kier molecular flexibility index (Phi) is 3.26. The van der Waals surface area contributed by atoms with Gasteiger partial charge in [0.25, 0.3) is 0 Å². The standard InChI is InChI=1S/C11H11Cl2NO2/c1-16-10-5-7(12)9(4-8(10)13)14-11(15)6-2-3-6/h4-6H,2-3H2,1H3,(H,14,15). The zero-order valence-electron chi connectivity index (χ0n) is 8.72. The third-order valence-corrected chi connectivity index (χ3v) is 3.06. The quantitative estimate of drug-likeness (QED) is 0.904. The highest BCUT2D eigenvalue weighted by Crippen LogP contribution is 2.36. The van der Waals surface area contributed by atoms with Crippen molar-refractivity contribution in [1.29, 1.82) is 0 Å². The van der Waals surface area contributed by atoms with Crippen LogP contribution in [-0.2, 0) is 4.79 Å². The highest BCUT2D eigenvalue weighted by Gasteiger charge is 2.30. The molecule has 0 atom stereocenters. The highest BCUT2D eigenvalue weighted by molar-refractivity contribution is 6.36. The van der Waals surface area contributed by atoms with E-state index in [0.717, 1.165) is 12.8 Å². The molecular weight excluding hydrogens is 249 g/mol. The molecule has 0 saturated heterocycles. The lowest BCUT2D eigenvalue weighted by Gasteiger charge is -2.09. The molecule has 1 saturated carbocycles. The number of carbonyl (C=O) groups excluding carboxylic acids is 1. The van der Waals surface area contributed by atoms with Crippen molar-refractivity contribution in [2.45, 2.75) is 12.8 Å². The van der Waals surface area contributed by atoms with Gasteiger partial charge in [-0.15, -0.1) is 0 Å². The van der Waals surface area contributed by atoms with E-state index in [1.165, 1.54) is 7.11 Å². The van der Waals surface area contributed by atoms with Crippen molar-refractivity contribution >= 4 is 34.8 Å². The van der Waals surface area contributed by atoms with Gasteiger partial charge >= 0.3 is 0 Å². The van der Waals surface area contributed by atoms with E-state index in [-0.39, 0.29) is 11.8 Å². The van der Waals surface area contributed by atoms with Crippen molar-refractivity contribution in [2.75, 3.05) is 12.4 Å². The van der Waals surface area contributed by atoms with E-state index >= 15 is 0 Å². The zero-order valence-corrected chi connectivity index (χ0v) is 10.2. The molecule has 1 aromatic carbocycles. The molecule has 16 heavy (non-hydrogen) atoms. The van der Waals surface area contributed by atoms with Crippen LogP contribution >= 0.6 is 23.2 Å². The van der Waals surface area contributed by atoms with E-state index in [0.29, 0.717) is 21.5 Å². The molecule has 0 aromatic heterocycles. The van der Waals surface area contributed by atoms with Gasteiger partial charge in [0.15, 0.2) is 0 Å². The van der Waals surface area contributed by atoms with Crippen LogP contribution in [-0.4, -0.2) is 13.0 Å². The van der Waals surface area contributed by atoms with Gasteiger partial charge in [-0.1, -0.05) is 23.2 Å². The van der Waals surface area contributed by atoms with Crippen molar-refractivity contribution in [1.82, 2.24) is 0 Å². The average Bonchev–Trinajstić information content (AvgIpc) is 3.06. The lowest BCUT2D eigenvalue weighted by atomic mass is 10.2. The first-order valence-corrected chi connectivity index (χ1v) is 5.71. The monoisotopic (exact) mass is 259 g/mol.